The van der Waals surface area contributed by atoms with Crippen molar-refractivity contribution in [1.29, 1.82) is 0 Å². The summed E-state index contributed by atoms with van der Waals surface area (Å²) >= 11 is 0. The number of aliphatic hydroxyl groups is 2. The largest absolute Gasteiger partial charge is 0.393 e. The summed E-state index contributed by atoms with van der Waals surface area (Å²) in [7, 11) is -3.58. The second kappa shape index (κ2) is 11.7. The van der Waals surface area contributed by atoms with E-state index in [2.05, 4.69) is 58.1 Å². The standard InChI is InChI=1S/C46H59NO5S/c1-41(2)34-16-15-33(36(41)25-34)28-47(53(5,51)52)29-45(50)22-19-39-43(45,4)21-18-38-42(3)20-17-35(48)26-44(42)23-24-46(38,39)37(27-44)40(49)32-13-11-31(12-14-32)30-9-7-6-8-10-30/h6-14,23-24,27,33-36,38-39,48,50H,15-22,25-26,28-29H2,1-5H3. The van der Waals surface area contributed by atoms with E-state index in [1.54, 1.807) is 4.31 Å². The van der Waals surface area contributed by atoms with E-state index < -0.39 is 38.0 Å². The Morgan fingerprint density at radius 1 is 0.830 bits per heavy atom. The van der Waals surface area contributed by atoms with E-state index >= 15 is 4.79 Å². The lowest BCUT2D eigenvalue weighted by Gasteiger charge is -2.71. The minimum Gasteiger partial charge on any atom is -0.393 e. The molecule has 284 valence electrons. The van der Waals surface area contributed by atoms with Crippen LogP contribution in [0, 0.1) is 56.7 Å². The van der Waals surface area contributed by atoms with Gasteiger partial charge in [-0.1, -0.05) is 101 Å². The Kier molecular flexibility index (Phi) is 7.98. The molecule has 2 spiro atoms. The van der Waals surface area contributed by atoms with Crippen molar-refractivity contribution in [3.63, 3.8) is 0 Å². The fourth-order valence-corrected chi connectivity index (χ4v) is 15.2. The second-order valence-corrected chi connectivity index (χ2v) is 21.8. The molecule has 0 heterocycles. The molecule has 0 aromatic heterocycles. The van der Waals surface area contributed by atoms with E-state index in [0.29, 0.717) is 36.8 Å². The van der Waals surface area contributed by atoms with E-state index in [1.165, 1.54) is 12.7 Å². The number of sulfonamides is 1. The zero-order valence-electron chi connectivity index (χ0n) is 32.4. The van der Waals surface area contributed by atoms with E-state index in [0.717, 1.165) is 67.6 Å². The first-order chi connectivity index (χ1) is 25.0. The predicted molar refractivity (Wildman–Crippen MR) is 209 cm³/mol. The Hall–Kier alpha value is -2.58. The molecule has 6 saturated carbocycles. The van der Waals surface area contributed by atoms with Crippen molar-refractivity contribution in [2.45, 2.75) is 104 Å². The average molecular weight is 738 g/mol. The van der Waals surface area contributed by atoms with Gasteiger partial charge in [-0.05, 0) is 116 Å². The Bertz CT molecular complexity index is 1990. The van der Waals surface area contributed by atoms with Crippen LogP contribution < -0.4 is 0 Å². The van der Waals surface area contributed by atoms with Crippen LogP contribution in [-0.2, 0) is 10.0 Å². The maximum absolute atomic E-state index is 15.1. The summed E-state index contributed by atoms with van der Waals surface area (Å²) in [5.74, 6) is 1.76. The van der Waals surface area contributed by atoms with Crippen LogP contribution in [0.1, 0.15) is 102 Å². The number of rotatable bonds is 8. The van der Waals surface area contributed by atoms with Gasteiger partial charge in [-0.3, -0.25) is 4.79 Å². The first-order valence-corrected chi connectivity index (χ1v) is 22.3. The molecule has 0 amide bonds. The highest BCUT2D eigenvalue weighted by molar-refractivity contribution is 7.88. The molecular formula is C46H59NO5S. The van der Waals surface area contributed by atoms with Gasteiger partial charge in [0.1, 0.15) is 0 Å². The molecule has 0 aliphatic heterocycles. The minimum atomic E-state index is -3.58. The molecule has 6 fully saturated rings. The fourth-order valence-electron chi connectivity index (χ4n) is 14.2. The summed E-state index contributed by atoms with van der Waals surface area (Å²) in [6.45, 7) is 9.90. The van der Waals surface area contributed by atoms with Gasteiger partial charge >= 0.3 is 0 Å². The molecule has 53 heavy (non-hydrogen) atoms. The third kappa shape index (κ3) is 4.91. The number of fused-ring (bicyclic) bond motifs is 3. The van der Waals surface area contributed by atoms with Crippen molar-refractivity contribution in [3.05, 3.63) is 84.0 Å². The van der Waals surface area contributed by atoms with Crippen LogP contribution in [0.5, 0.6) is 0 Å². The quantitative estimate of drug-likeness (QED) is 0.210. The average Bonchev–Trinajstić information content (AvgIpc) is 3.40. The van der Waals surface area contributed by atoms with Gasteiger partial charge in [0.2, 0.25) is 10.0 Å². The van der Waals surface area contributed by atoms with E-state index in [4.69, 9.17) is 0 Å². The molecule has 11 rings (SSSR count). The van der Waals surface area contributed by atoms with Crippen LogP contribution in [0.15, 0.2) is 78.4 Å². The summed E-state index contributed by atoms with van der Waals surface area (Å²) in [5.41, 5.74) is 0.972. The van der Waals surface area contributed by atoms with Crippen molar-refractivity contribution >= 4 is 15.8 Å². The Labute approximate surface area is 317 Å². The van der Waals surface area contributed by atoms with Crippen LogP contribution in [0.4, 0.5) is 0 Å². The number of carbonyl (C=O) groups is 1. The maximum Gasteiger partial charge on any atom is 0.211 e. The number of benzene rings is 2. The van der Waals surface area contributed by atoms with Gasteiger partial charge in [0.15, 0.2) is 5.78 Å². The van der Waals surface area contributed by atoms with Crippen LogP contribution >= 0.6 is 0 Å². The Balaban J connectivity index is 1.09. The molecule has 7 heteroatoms. The molecule has 11 atom stereocenters. The topological polar surface area (TPSA) is 94.9 Å². The molecule has 11 unspecified atom stereocenters. The highest BCUT2D eigenvalue weighted by Crippen LogP contribution is 2.78. The molecular weight excluding hydrogens is 679 g/mol. The highest BCUT2D eigenvalue weighted by Gasteiger charge is 2.74. The zero-order chi connectivity index (χ0) is 37.4. The third-order valence-corrected chi connectivity index (χ3v) is 18.8. The lowest BCUT2D eigenvalue weighted by Crippen LogP contribution is -2.67. The van der Waals surface area contributed by atoms with E-state index in [-0.39, 0.29) is 35.0 Å². The number of ketones is 1. The molecule has 9 aliphatic carbocycles. The molecule has 9 aliphatic rings. The SMILES string of the molecule is CC1(C)C2CCC(CN(CC3(O)CCC4C56C=CC7(C=C5C(=O)c5ccc(-c8ccccc8)cc5)CC(O)CCC7(C)C6CCC43C)S(C)(=O)=O)C1C2. The zero-order valence-corrected chi connectivity index (χ0v) is 33.2. The van der Waals surface area contributed by atoms with Crippen LogP contribution in [-0.4, -0.2) is 59.8 Å². The van der Waals surface area contributed by atoms with Gasteiger partial charge in [0.25, 0.3) is 0 Å². The number of Topliss-reactive ketones (excluding diaryl/α,β-unsaturated/α-hetero) is 1. The van der Waals surface area contributed by atoms with Gasteiger partial charge < -0.3 is 10.2 Å². The first-order valence-electron chi connectivity index (χ1n) is 20.5. The van der Waals surface area contributed by atoms with Crippen molar-refractivity contribution in [3.8, 4) is 11.1 Å². The minimum absolute atomic E-state index is 0.0295. The monoisotopic (exact) mass is 737 g/mol. The van der Waals surface area contributed by atoms with Gasteiger partial charge in [0.05, 0.1) is 18.0 Å². The third-order valence-electron chi connectivity index (χ3n) is 17.6. The maximum atomic E-state index is 15.1. The summed E-state index contributed by atoms with van der Waals surface area (Å²) in [6, 6.07) is 18.2. The van der Waals surface area contributed by atoms with Crippen LogP contribution in [0.2, 0.25) is 0 Å². The molecule has 0 radical (unpaired) electrons. The number of hydrogen-bond acceptors (Lipinski definition) is 5. The van der Waals surface area contributed by atoms with Gasteiger partial charge in [0, 0.05) is 40.5 Å². The molecule has 6 nitrogen and oxygen atoms in total. The summed E-state index contributed by atoms with van der Waals surface area (Å²) in [5, 5.41) is 24.1. The van der Waals surface area contributed by atoms with Gasteiger partial charge in [-0.15, -0.1) is 0 Å². The Morgan fingerprint density at radius 2 is 1.49 bits per heavy atom. The number of carbonyl (C=O) groups excluding carboxylic acids is 1. The molecule has 4 bridgehead atoms. The summed E-state index contributed by atoms with van der Waals surface area (Å²) < 4.78 is 28.8. The molecule has 2 aromatic carbocycles. The fraction of sp³-hybridized carbons (Fsp3) is 0.630. The van der Waals surface area contributed by atoms with Crippen molar-refractivity contribution in [2.75, 3.05) is 19.3 Å². The van der Waals surface area contributed by atoms with Crippen molar-refractivity contribution in [1.82, 2.24) is 4.31 Å². The van der Waals surface area contributed by atoms with Crippen molar-refractivity contribution < 1.29 is 23.4 Å². The Morgan fingerprint density at radius 3 is 2.17 bits per heavy atom. The van der Waals surface area contributed by atoms with Gasteiger partial charge in [-0.2, -0.15) is 4.31 Å². The first kappa shape index (κ1) is 36.1. The lowest BCUT2D eigenvalue weighted by molar-refractivity contribution is -0.174. The smallest absolute Gasteiger partial charge is 0.211 e. The van der Waals surface area contributed by atoms with Gasteiger partial charge in [-0.25, -0.2) is 8.42 Å². The van der Waals surface area contributed by atoms with Crippen molar-refractivity contribution in [2.24, 2.45) is 56.7 Å². The molecule has 2 aromatic rings. The van der Waals surface area contributed by atoms with E-state index in [9.17, 15) is 18.6 Å². The summed E-state index contributed by atoms with van der Waals surface area (Å²) in [6.07, 6.45) is 16.4. The normalized spacial score (nSPS) is 43.4. The van der Waals surface area contributed by atoms with Crippen LogP contribution in [0.25, 0.3) is 11.1 Å². The number of nitrogens with zero attached hydrogens (tertiary/aromatic N) is 1. The second-order valence-electron chi connectivity index (χ2n) is 19.8. The molecule has 2 N–H and O–H groups in total. The molecule has 0 saturated heterocycles. The highest BCUT2D eigenvalue weighted by atomic mass is 32.2. The predicted octanol–water partition coefficient (Wildman–Crippen LogP) is 8.46. The number of allylic oxidation sites excluding steroid dienone is 4. The van der Waals surface area contributed by atoms with E-state index in [1.807, 2.05) is 42.5 Å². The summed E-state index contributed by atoms with van der Waals surface area (Å²) in [4.78, 5) is 15.1. The number of aliphatic hydroxyl groups excluding tert-OH is 1. The number of hydrogen-bond donors (Lipinski definition) is 2. The lowest BCUT2D eigenvalue weighted by atomic mass is 9.32. The van der Waals surface area contributed by atoms with Crippen LogP contribution in [0.3, 0.4) is 0 Å².